The third-order valence-electron chi connectivity index (χ3n) is 4.94. The van der Waals surface area contributed by atoms with Gasteiger partial charge in [-0.05, 0) is 31.9 Å². The molecular weight excluding hydrogens is 358 g/mol. The van der Waals surface area contributed by atoms with Crippen LogP contribution in [0.15, 0.2) is 36.4 Å². The Morgan fingerprint density at radius 1 is 0.964 bits per heavy atom. The lowest BCUT2D eigenvalue weighted by atomic mass is 10.1. The summed E-state index contributed by atoms with van der Waals surface area (Å²) in [4.78, 5) is 51.5. The second-order valence-corrected chi connectivity index (χ2v) is 6.91. The Labute approximate surface area is 163 Å². The van der Waals surface area contributed by atoms with Crippen LogP contribution in [0.25, 0.3) is 0 Å². The van der Waals surface area contributed by atoms with E-state index >= 15 is 0 Å². The summed E-state index contributed by atoms with van der Waals surface area (Å²) in [5, 5.41) is 0. The fourth-order valence-corrected chi connectivity index (χ4v) is 3.48. The van der Waals surface area contributed by atoms with Gasteiger partial charge >= 0.3 is 17.8 Å². The highest BCUT2D eigenvalue weighted by molar-refractivity contribution is 6.45. The zero-order valence-corrected chi connectivity index (χ0v) is 16.3. The summed E-state index contributed by atoms with van der Waals surface area (Å²) < 4.78 is 2.04. The van der Waals surface area contributed by atoms with Crippen molar-refractivity contribution in [2.24, 2.45) is 0 Å². The number of ketones is 1. The molecule has 146 valence electrons. The first kappa shape index (κ1) is 19.5. The van der Waals surface area contributed by atoms with Crippen molar-refractivity contribution < 1.29 is 19.2 Å². The van der Waals surface area contributed by atoms with Gasteiger partial charge in [0, 0.05) is 23.5 Å². The average molecular weight is 381 g/mol. The lowest BCUT2D eigenvalue weighted by Gasteiger charge is -2.15. The van der Waals surface area contributed by atoms with Crippen molar-refractivity contribution in [1.82, 2.24) is 14.4 Å². The molecule has 1 aromatic carbocycles. The highest BCUT2D eigenvalue weighted by atomic mass is 16.2. The second-order valence-electron chi connectivity index (χ2n) is 6.91. The van der Waals surface area contributed by atoms with Gasteiger partial charge in [-0.1, -0.05) is 37.3 Å². The third kappa shape index (κ3) is 3.47. The van der Waals surface area contributed by atoms with E-state index in [0.29, 0.717) is 5.56 Å². The van der Waals surface area contributed by atoms with Crippen molar-refractivity contribution in [3.63, 3.8) is 0 Å². The van der Waals surface area contributed by atoms with Crippen LogP contribution in [0.1, 0.15) is 40.7 Å². The fraction of sp³-hybridized carbons (Fsp3) is 0.333. The molecule has 3 rings (SSSR count). The van der Waals surface area contributed by atoms with Crippen LogP contribution in [-0.2, 0) is 22.7 Å². The van der Waals surface area contributed by atoms with Crippen LogP contribution in [0.2, 0.25) is 0 Å². The minimum Gasteiger partial charge on any atom is -0.348 e. The molecule has 2 aromatic rings. The van der Waals surface area contributed by atoms with Crippen LogP contribution in [0.3, 0.4) is 0 Å². The Bertz CT molecular complexity index is 946. The molecule has 7 heteroatoms. The summed E-state index contributed by atoms with van der Waals surface area (Å²) in [6.07, 6.45) is 0.927. The number of aryl methyl sites for hydroxylation is 1. The molecular formula is C21H23N3O4. The second kappa shape index (κ2) is 7.80. The normalized spacial score (nSPS) is 14.3. The Hall–Kier alpha value is -3.22. The van der Waals surface area contributed by atoms with Gasteiger partial charge in [0.05, 0.1) is 13.1 Å². The molecule has 28 heavy (non-hydrogen) atoms. The average Bonchev–Trinajstić information content (AvgIpc) is 3.07. The number of benzene rings is 1. The van der Waals surface area contributed by atoms with Gasteiger partial charge in [0.25, 0.3) is 0 Å². The Morgan fingerprint density at radius 3 is 2.25 bits per heavy atom. The van der Waals surface area contributed by atoms with E-state index < -0.39 is 24.4 Å². The molecule has 1 aromatic heterocycles. The number of hydrogen-bond donors (Lipinski definition) is 0. The van der Waals surface area contributed by atoms with E-state index in [9.17, 15) is 19.2 Å². The van der Waals surface area contributed by atoms with E-state index in [0.717, 1.165) is 39.7 Å². The van der Waals surface area contributed by atoms with Crippen LogP contribution in [0.4, 0.5) is 4.79 Å². The van der Waals surface area contributed by atoms with Crippen LogP contribution in [0.5, 0.6) is 0 Å². The van der Waals surface area contributed by atoms with Crippen LogP contribution in [-0.4, -0.2) is 44.5 Å². The number of hydrogen-bond acceptors (Lipinski definition) is 4. The van der Waals surface area contributed by atoms with E-state index in [1.807, 2.05) is 24.5 Å². The summed E-state index contributed by atoms with van der Waals surface area (Å²) >= 11 is 0. The molecule has 0 bridgehead atoms. The third-order valence-corrected chi connectivity index (χ3v) is 4.94. The van der Waals surface area contributed by atoms with Gasteiger partial charge in [0.1, 0.15) is 0 Å². The first-order valence-electron chi connectivity index (χ1n) is 9.26. The molecule has 0 unspecified atom stereocenters. The van der Waals surface area contributed by atoms with Crippen molar-refractivity contribution in [2.45, 2.75) is 40.3 Å². The molecule has 0 radical (unpaired) electrons. The molecule has 0 atom stereocenters. The van der Waals surface area contributed by atoms with Gasteiger partial charge in [-0.15, -0.1) is 0 Å². The largest absolute Gasteiger partial charge is 0.348 e. The highest BCUT2D eigenvalue weighted by Gasteiger charge is 2.45. The number of carbonyl (C=O) groups excluding carboxylic acids is 4. The fourth-order valence-electron chi connectivity index (χ4n) is 3.48. The predicted octanol–water partition coefficient (Wildman–Crippen LogP) is 2.69. The van der Waals surface area contributed by atoms with Crippen LogP contribution in [0, 0.1) is 13.8 Å². The Balaban J connectivity index is 1.78. The summed E-state index contributed by atoms with van der Waals surface area (Å²) in [6.45, 7) is 6.16. The molecule has 1 saturated heterocycles. The summed E-state index contributed by atoms with van der Waals surface area (Å²) in [7, 11) is 0. The molecule has 0 N–H and O–H groups in total. The molecule has 1 aliphatic rings. The number of urea groups is 1. The maximum absolute atomic E-state index is 12.8. The van der Waals surface area contributed by atoms with Gasteiger partial charge in [-0.2, -0.15) is 0 Å². The number of carbonyl (C=O) groups is 4. The van der Waals surface area contributed by atoms with Gasteiger partial charge in [0.15, 0.2) is 5.78 Å². The van der Waals surface area contributed by atoms with Gasteiger partial charge in [0.2, 0.25) is 0 Å². The number of aromatic nitrogens is 1. The maximum Gasteiger partial charge on any atom is 0.334 e. The summed E-state index contributed by atoms with van der Waals surface area (Å²) in [5.41, 5.74) is 2.95. The van der Waals surface area contributed by atoms with Gasteiger partial charge < -0.3 is 4.57 Å². The lowest BCUT2D eigenvalue weighted by Crippen LogP contribution is -2.37. The Kier molecular flexibility index (Phi) is 5.44. The Morgan fingerprint density at radius 2 is 1.61 bits per heavy atom. The smallest absolute Gasteiger partial charge is 0.334 e. The van der Waals surface area contributed by atoms with E-state index in [2.05, 4.69) is 6.92 Å². The van der Waals surface area contributed by atoms with E-state index in [-0.39, 0.29) is 12.3 Å². The number of imide groups is 2. The monoisotopic (exact) mass is 381 g/mol. The van der Waals surface area contributed by atoms with Gasteiger partial charge in [-0.3, -0.25) is 19.3 Å². The van der Waals surface area contributed by atoms with Crippen molar-refractivity contribution in [3.8, 4) is 0 Å². The predicted molar refractivity (Wildman–Crippen MR) is 103 cm³/mol. The highest BCUT2D eigenvalue weighted by Crippen LogP contribution is 2.20. The standard InChI is InChI=1S/C21H23N3O4/c1-4-10-22-14(2)11-17(15(22)3)18(25)13-24-20(27)19(26)23(21(24)28)12-16-8-6-5-7-9-16/h5-9,11H,4,10,12-13H2,1-3H3. The molecule has 1 fully saturated rings. The zero-order chi connectivity index (χ0) is 20.4. The molecule has 0 spiro atoms. The first-order valence-corrected chi connectivity index (χ1v) is 9.26. The van der Waals surface area contributed by atoms with Crippen molar-refractivity contribution in [3.05, 3.63) is 58.9 Å². The van der Waals surface area contributed by atoms with E-state index in [1.54, 1.807) is 30.3 Å². The number of Topliss-reactive ketones (excluding diaryl/α,β-unsaturated/α-hetero) is 1. The quantitative estimate of drug-likeness (QED) is 0.420. The van der Waals surface area contributed by atoms with Crippen LogP contribution >= 0.6 is 0 Å². The van der Waals surface area contributed by atoms with E-state index in [1.165, 1.54) is 0 Å². The molecule has 1 aliphatic heterocycles. The lowest BCUT2D eigenvalue weighted by molar-refractivity contribution is -0.143. The number of nitrogens with zero attached hydrogens (tertiary/aromatic N) is 3. The minimum atomic E-state index is -0.961. The first-order chi connectivity index (χ1) is 13.3. The van der Waals surface area contributed by atoms with Crippen molar-refractivity contribution in [2.75, 3.05) is 6.54 Å². The minimum absolute atomic E-state index is 0.0000496. The SMILES string of the molecule is CCCn1c(C)cc(C(=O)CN2C(=O)C(=O)N(Cc3ccccc3)C2=O)c1C. The number of amides is 4. The van der Waals surface area contributed by atoms with Crippen molar-refractivity contribution >= 4 is 23.6 Å². The summed E-state index contributed by atoms with van der Waals surface area (Å²) in [6, 6.07) is 9.94. The number of rotatable bonds is 7. The maximum atomic E-state index is 12.8. The topological polar surface area (TPSA) is 79.7 Å². The van der Waals surface area contributed by atoms with Gasteiger partial charge in [-0.25, -0.2) is 9.69 Å². The van der Waals surface area contributed by atoms with Crippen LogP contribution < -0.4 is 0 Å². The van der Waals surface area contributed by atoms with E-state index in [4.69, 9.17) is 0 Å². The molecule has 4 amide bonds. The summed E-state index contributed by atoms with van der Waals surface area (Å²) in [5.74, 6) is -2.22. The molecule has 7 nitrogen and oxygen atoms in total. The van der Waals surface area contributed by atoms with Crippen molar-refractivity contribution in [1.29, 1.82) is 0 Å². The molecule has 2 heterocycles. The molecule has 0 aliphatic carbocycles. The molecule has 0 saturated carbocycles. The zero-order valence-electron chi connectivity index (χ0n) is 16.3.